The average Bonchev–Trinajstić information content (AvgIpc) is 3.45. The Morgan fingerprint density at radius 1 is 1.14 bits per heavy atom. The number of pyridine rings is 1. The minimum absolute atomic E-state index is 0.00306. The van der Waals surface area contributed by atoms with Crippen LogP contribution in [0.1, 0.15) is 47.8 Å². The topological polar surface area (TPSA) is 123 Å². The number of alkyl halides is 3. The number of anilines is 1. The minimum Gasteiger partial charge on any atom is -0.307 e. The van der Waals surface area contributed by atoms with Crippen molar-refractivity contribution >= 4 is 21.7 Å². The van der Waals surface area contributed by atoms with E-state index in [-0.39, 0.29) is 30.5 Å². The molecule has 0 saturated carbocycles. The van der Waals surface area contributed by atoms with Gasteiger partial charge in [-0.2, -0.15) is 17.5 Å². The molecule has 1 amide bonds. The number of aromatic nitrogens is 5. The minimum atomic E-state index is -4.56. The van der Waals surface area contributed by atoms with Crippen molar-refractivity contribution in [3.8, 4) is 11.5 Å². The van der Waals surface area contributed by atoms with Crippen LogP contribution in [0.25, 0.3) is 11.5 Å². The number of carbonyl (C=O) groups is 1. The van der Waals surface area contributed by atoms with E-state index in [4.69, 9.17) is 0 Å². The Kier molecular flexibility index (Phi) is 6.60. The lowest BCUT2D eigenvalue weighted by Crippen LogP contribution is -2.30. The van der Waals surface area contributed by atoms with Crippen LogP contribution in [0, 0.1) is 0 Å². The lowest BCUT2D eigenvalue weighted by molar-refractivity contribution is -0.130. The molecular weight excluding hydrogens is 487 g/mol. The number of rotatable bonds is 7. The van der Waals surface area contributed by atoms with Crippen LogP contribution in [0.5, 0.6) is 0 Å². The number of hydrogen-bond acceptors (Lipinski definition) is 7. The molecule has 0 unspecified atom stereocenters. The van der Waals surface area contributed by atoms with Crippen molar-refractivity contribution in [3.05, 3.63) is 53.1 Å². The first-order valence-electron chi connectivity index (χ1n) is 10.7. The molecule has 2 aromatic heterocycles. The summed E-state index contributed by atoms with van der Waals surface area (Å²) in [6.07, 6.45) is -5.97. The monoisotopic (exact) mass is 509 g/mol. The fraction of sp³-hybridized carbons (Fsp3) is 0.381. The highest BCUT2D eigenvalue weighted by molar-refractivity contribution is 7.89. The summed E-state index contributed by atoms with van der Waals surface area (Å²) < 4.78 is 64.7. The smallest absolute Gasteiger partial charge is 0.307 e. The Bertz CT molecular complexity index is 1360. The number of benzene rings is 1. The van der Waals surface area contributed by atoms with Gasteiger partial charge in [0.2, 0.25) is 15.8 Å². The first kappa shape index (κ1) is 24.7. The summed E-state index contributed by atoms with van der Waals surface area (Å²) in [7, 11) is -4.09. The summed E-state index contributed by atoms with van der Waals surface area (Å²) >= 11 is 0. The van der Waals surface area contributed by atoms with Gasteiger partial charge in [0.05, 0.1) is 18.2 Å². The fourth-order valence-electron chi connectivity index (χ4n) is 3.60. The molecule has 3 heterocycles. The van der Waals surface area contributed by atoms with Crippen LogP contribution in [-0.2, 0) is 23.1 Å². The van der Waals surface area contributed by atoms with Crippen molar-refractivity contribution in [1.82, 2.24) is 29.5 Å². The van der Waals surface area contributed by atoms with Gasteiger partial charge in [-0.1, -0.05) is 12.1 Å². The van der Waals surface area contributed by atoms with E-state index < -0.39 is 34.3 Å². The molecule has 0 saturated heterocycles. The average molecular weight is 510 g/mol. The Balaban J connectivity index is 1.47. The van der Waals surface area contributed by atoms with Crippen LogP contribution in [-0.4, -0.2) is 55.8 Å². The van der Waals surface area contributed by atoms with Gasteiger partial charge in [0, 0.05) is 18.7 Å². The maximum Gasteiger partial charge on any atom is 0.390 e. The molecule has 0 radical (unpaired) electrons. The standard InChI is InChI=1S/C21H22F3N7O3S/c1-13(2)31-19(27-28-29-31)17-4-3-5-18(25-17)26-20(32)14-6-7-15-11-30(12-16(15)10-14)35(33,34)9-8-21(22,23)24/h3-7,10,13H,8-9,11-12H2,1-2H3,(H,25,26,32). The zero-order chi connectivity index (χ0) is 25.4. The summed E-state index contributed by atoms with van der Waals surface area (Å²) in [6.45, 7) is 3.71. The van der Waals surface area contributed by atoms with Crippen molar-refractivity contribution < 1.29 is 26.4 Å². The van der Waals surface area contributed by atoms with Crippen LogP contribution in [0.15, 0.2) is 36.4 Å². The molecule has 0 atom stereocenters. The van der Waals surface area contributed by atoms with E-state index in [1.54, 1.807) is 28.9 Å². The van der Waals surface area contributed by atoms with E-state index in [9.17, 15) is 26.4 Å². The summed E-state index contributed by atoms with van der Waals surface area (Å²) in [5.41, 5.74) is 1.93. The molecule has 1 aromatic carbocycles. The largest absolute Gasteiger partial charge is 0.390 e. The number of fused-ring (bicyclic) bond motifs is 1. The fourth-order valence-corrected chi connectivity index (χ4v) is 5.02. The third-order valence-electron chi connectivity index (χ3n) is 5.40. The van der Waals surface area contributed by atoms with Crippen molar-refractivity contribution in [2.24, 2.45) is 0 Å². The van der Waals surface area contributed by atoms with Crippen molar-refractivity contribution in [2.45, 2.75) is 45.6 Å². The van der Waals surface area contributed by atoms with Crippen molar-refractivity contribution in [3.63, 3.8) is 0 Å². The summed E-state index contributed by atoms with van der Waals surface area (Å²) in [5.74, 6) is -0.776. The second kappa shape index (κ2) is 9.34. The number of amides is 1. The van der Waals surface area contributed by atoms with E-state index in [2.05, 4.69) is 25.8 Å². The van der Waals surface area contributed by atoms with Crippen LogP contribution < -0.4 is 5.32 Å². The highest BCUT2D eigenvalue weighted by Crippen LogP contribution is 2.29. The van der Waals surface area contributed by atoms with Gasteiger partial charge in [0.15, 0.2) is 0 Å². The number of nitrogens with one attached hydrogen (secondary N) is 1. The summed E-state index contributed by atoms with van der Waals surface area (Å²) in [4.78, 5) is 17.2. The van der Waals surface area contributed by atoms with Gasteiger partial charge in [-0.3, -0.25) is 4.79 Å². The van der Waals surface area contributed by atoms with E-state index in [1.165, 1.54) is 12.1 Å². The van der Waals surface area contributed by atoms with Crippen LogP contribution in [0.3, 0.4) is 0 Å². The maximum atomic E-state index is 12.8. The molecule has 0 aliphatic carbocycles. The normalized spacial score (nSPS) is 14.3. The van der Waals surface area contributed by atoms with Gasteiger partial charge < -0.3 is 5.32 Å². The quantitative estimate of drug-likeness (QED) is 0.519. The Hall–Kier alpha value is -3.39. The molecule has 0 spiro atoms. The number of halogens is 3. The molecule has 0 bridgehead atoms. The zero-order valence-corrected chi connectivity index (χ0v) is 19.6. The molecule has 3 aromatic rings. The van der Waals surface area contributed by atoms with Crippen molar-refractivity contribution in [1.29, 1.82) is 0 Å². The molecular formula is C21H22F3N7O3S. The molecule has 1 aliphatic heterocycles. The number of nitrogens with zero attached hydrogens (tertiary/aromatic N) is 6. The molecule has 4 rings (SSSR count). The van der Waals surface area contributed by atoms with Crippen LogP contribution in [0.4, 0.5) is 19.0 Å². The lowest BCUT2D eigenvalue weighted by atomic mass is 10.1. The molecule has 10 nitrogen and oxygen atoms in total. The summed E-state index contributed by atoms with van der Waals surface area (Å²) in [5, 5.41) is 14.3. The van der Waals surface area contributed by atoms with Gasteiger partial charge in [-0.25, -0.2) is 18.1 Å². The molecule has 0 fully saturated rings. The third kappa shape index (κ3) is 5.65. The highest BCUT2D eigenvalue weighted by atomic mass is 32.2. The molecule has 35 heavy (non-hydrogen) atoms. The molecule has 186 valence electrons. The first-order valence-corrected chi connectivity index (χ1v) is 12.3. The van der Waals surface area contributed by atoms with E-state index in [1.807, 2.05) is 13.8 Å². The van der Waals surface area contributed by atoms with Gasteiger partial charge >= 0.3 is 6.18 Å². The number of sulfonamides is 1. The van der Waals surface area contributed by atoms with Crippen LogP contribution in [0.2, 0.25) is 0 Å². The maximum absolute atomic E-state index is 12.8. The summed E-state index contributed by atoms with van der Waals surface area (Å²) in [6, 6.07) is 9.68. The highest BCUT2D eigenvalue weighted by Gasteiger charge is 2.35. The third-order valence-corrected chi connectivity index (χ3v) is 7.17. The number of hydrogen-bond donors (Lipinski definition) is 1. The number of tetrazole rings is 1. The van der Waals surface area contributed by atoms with Crippen LogP contribution >= 0.6 is 0 Å². The van der Waals surface area contributed by atoms with E-state index >= 15 is 0 Å². The van der Waals surface area contributed by atoms with E-state index in [0.717, 1.165) is 4.31 Å². The SMILES string of the molecule is CC(C)n1nnnc1-c1cccc(NC(=O)c2ccc3c(c2)CN(S(=O)(=O)CCC(F)(F)F)C3)n1. The Morgan fingerprint density at radius 2 is 1.89 bits per heavy atom. The predicted molar refractivity (Wildman–Crippen MR) is 120 cm³/mol. The second-order valence-corrected chi connectivity index (χ2v) is 10.4. The molecule has 1 N–H and O–H groups in total. The molecule has 1 aliphatic rings. The van der Waals surface area contributed by atoms with Gasteiger partial charge in [0.25, 0.3) is 5.91 Å². The Morgan fingerprint density at radius 3 is 2.60 bits per heavy atom. The molecule has 14 heteroatoms. The van der Waals surface area contributed by atoms with Gasteiger partial charge in [-0.05, 0) is 59.7 Å². The predicted octanol–water partition coefficient (Wildman–Crippen LogP) is 3.17. The zero-order valence-electron chi connectivity index (χ0n) is 18.8. The van der Waals surface area contributed by atoms with E-state index in [0.29, 0.717) is 22.6 Å². The Labute approximate surface area is 199 Å². The first-order chi connectivity index (χ1) is 16.4. The number of carbonyl (C=O) groups excluding carboxylic acids is 1. The van der Waals surface area contributed by atoms with Crippen molar-refractivity contribution in [2.75, 3.05) is 11.1 Å². The van der Waals surface area contributed by atoms with Gasteiger partial charge in [0.1, 0.15) is 11.5 Å². The second-order valence-electron chi connectivity index (χ2n) is 8.34. The van der Waals surface area contributed by atoms with Gasteiger partial charge in [-0.15, -0.1) is 5.10 Å². The lowest BCUT2D eigenvalue weighted by Gasteiger charge is -2.16.